The van der Waals surface area contributed by atoms with Crippen LogP contribution < -0.4 is 10.9 Å². The molecule has 126 valence electrons. The van der Waals surface area contributed by atoms with Crippen LogP contribution in [0.15, 0.2) is 35.4 Å². The predicted octanol–water partition coefficient (Wildman–Crippen LogP) is 2.05. The van der Waals surface area contributed by atoms with Crippen LogP contribution in [0.1, 0.15) is 24.6 Å². The summed E-state index contributed by atoms with van der Waals surface area (Å²) in [6.07, 6.45) is 2.88. The number of carbonyl (C=O) groups is 1. The van der Waals surface area contributed by atoms with E-state index in [1.807, 2.05) is 6.92 Å². The number of nitrogens with zero attached hydrogens (tertiary/aromatic N) is 3. The predicted molar refractivity (Wildman–Crippen MR) is 89.0 cm³/mol. The summed E-state index contributed by atoms with van der Waals surface area (Å²) in [7, 11) is 0. The lowest BCUT2D eigenvalue weighted by Crippen LogP contribution is -2.28. The second kappa shape index (κ2) is 7.49. The second-order valence-corrected chi connectivity index (χ2v) is 5.37. The Morgan fingerprint density at radius 3 is 2.79 bits per heavy atom. The highest BCUT2D eigenvalue weighted by molar-refractivity contribution is 5.93. The lowest BCUT2D eigenvalue weighted by Gasteiger charge is -2.10. The smallest absolute Gasteiger partial charge is 0.293 e. The molecule has 0 aliphatic heterocycles. The van der Waals surface area contributed by atoms with Crippen molar-refractivity contribution in [3.05, 3.63) is 62.3 Å². The number of nitro groups is 1. The molecule has 8 nitrogen and oxygen atoms in total. The first-order valence-electron chi connectivity index (χ1n) is 7.51. The Kier molecular flexibility index (Phi) is 5.41. The van der Waals surface area contributed by atoms with Gasteiger partial charge in [-0.25, -0.2) is 4.98 Å². The van der Waals surface area contributed by atoms with Crippen molar-refractivity contribution in [2.75, 3.05) is 5.32 Å². The van der Waals surface area contributed by atoms with E-state index in [0.29, 0.717) is 17.7 Å². The molecular weight excluding hydrogens is 312 g/mol. The maximum Gasteiger partial charge on any atom is 0.293 e. The number of carbonyl (C=O) groups excluding carboxylic acids is 1. The summed E-state index contributed by atoms with van der Waals surface area (Å²) in [5, 5.41) is 13.6. The zero-order valence-electron chi connectivity index (χ0n) is 13.5. The summed E-state index contributed by atoms with van der Waals surface area (Å²) < 4.78 is 1.17. The van der Waals surface area contributed by atoms with Gasteiger partial charge in [-0.2, -0.15) is 0 Å². The minimum absolute atomic E-state index is 0.135. The molecule has 0 saturated carbocycles. The number of anilines is 1. The van der Waals surface area contributed by atoms with Gasteiger partial charge in [0, 0.05) is 17.8 Å². The Balaban J connectivity index is 2.18. The maximum absolute atomic E-state index is 12.2. The summed E-state index contributed by atoms with van der Waals surface area (Å²) in [6, 6.07) is 5.92. The molecule has 2 aromatic rings. The van der Waals surface area contributed by atoms with Gasteiger partial charge in [-0.1, -0.05) is 25.5 Å². The molecule has 0 radical (unpaired) electrons. The number of amides is 1. The molecule has 0 bridgehead atoms. The third-order valence-corrected chi connectivity index (χ3v) is 3.47. The first kappa shape index (κ1) is 17.3. The molecule has 1 amide bonds. The largest absolute Gasteiger partial charge is 0.319 e. The lowest BCUT2D eigenvalue weighted by atomic mass is 10.1. The van der Waals surface area contributed by atoms with Crippen LogP contribution in [0.5, 0.6) is 0 Å². The van der Waals surface area contributed by atoms with Gasteiger partial charge in [0.05, 0.1) is 11.3 Å². The zero-order valence-corrected chi connectivity index (χ0v) is 13.5. The van der Waals surface area contributed by atoms with Crippen LogP contribution in [0.25, 0.3) is 0 Å². The van der Waals surface area contributed by atoms with Crippen molar-refractivity contribution >= 4 is 17.3 Å². The fraction of sp³-hybridized carbons (Fsp3) is 0.312. The van der Waals surface area contributed by atoms with Crippen molar-refractivity contribution in [3.63, 3.8) is 0 Å². The van der Waals surface area contributed by atoms with Gasteiger partial charge in [-0.15, -0.1) is 0 Å². The standard InChI is InChI=1S/C16H18N4O4/c1-3-5-12-8-15(22)19(10-17-12)9-14(21)18-16-11(2)6-4-7-13(16)20(23)24/h4,6-8,10H,3,5,9H2,1-2H3,(H,18,21). The quantitative estimate of drug-likeness (QED) is 0.644. The number of benzene rings is 1. The number of hydrogen-bond donors (Lipinski definition) is 1. The van der Waals surface area contributed by atoms with E-state index in [1.54, 1.807) is 19.1 Å². The molecule has 0 atom stereocenters. The first-order valence-corrected chi connectivity index (χ1v) is 7.51. The molecule has 0 unspecified atom stereocenters. The van der Waals surface area contributed by atoms with Gasteiger partial charge in [0.25, 0.3) is 11.2 Å². The van der Waals surface area contributed by atoms with E-state index in [2.05, 4.69) is 10.3 Å². The van der Waals surface area contributed by atoms with Gasteiger partial charge < -0.3 is 5.32 Å². The number of nitro benzene ring substituents is 1. The fourth-order valence-electron chi connectivity index (χ4n) is 2.28. The molecule has 0 aliphatic rings. The minimum atomic E-state index is -0.560. The van der Waals surface area contributed by atoms with Crippen LogP contribution in [0.4, 0.5) is 11.4 Å². The Bertz CT molecular complexity index is 829. The molecule has 1 N–H and O–H groups in total. The van der Waals surface area contributed by atoms with Crippen molar-refractivity contribution < 1.29 is 9.72 Å². The van der Waals surface area contributed by atoms with Gasteiger partial charge in [0.2, 0.25) is 5.91 Å². The highest BCUT2D eigenvalue weighted by Crippen LogP contribution is 2.27. The molecule has 0 aliphatic carbocycles. The van der Waals surface area contributed by atoms with Crippen LogP contribution >= 0.6 is 0 Å². The molecule has 0 fully saturated rings. The van der Waals surface area contributed by atoms with E-state index >= 15 is 0 Å². The average Bonchev–Trinajstić information content (AvgIpc) is 2.52. The summed E-state index contributed by atoms with van der Waals surface area (Å²) >= 11 is 0. The highest BCUT2D eigenvalue weighted by Gasteiger charge is 2.18. The second-order valence-electron chi connectivity index (χ2n) is 5.37. The number of para-hydroxylation sites is 1. The van der Waals surface area contributed by atoms with Crippen LogP contribution in [-0.4, -0.2) is 20.4 Å². The summed E-state index contributed by atoms with van der Waals surface area (Å²) in [5.74, 6) is -0.528. The summed E-state index contributed by atoms with van der Waals surface area (Å²) in [6.45, 7) is 3.38. The van der Waals surface area contributed by atoms with Gasteiger partial charge in [-0.05, 0) is 18.9 Å². The van der Waals surface area contributed by atoms with Crippen LogP contribution in [0.2, 0.25) is 0 Å². The molecule has 1 heterocycles. The molecule has 2 rings (SSSR count). The van der Waals surface area contributed by atoms with E-state index in [4.69, 9.17) is 0 Å². The molecular formula is C16H18N4O4. The SMILES string of the molecule is CCCc1cc(=O)n(CC(=O)Nc2c(C)cccc2[N+](=O)[O-])cn1. The van der Waals surface area contributed by atoms with E-state index < -0.39 is 10.8 Å². The first-order chi connectivity index (χ1) is 11.4. The summed E-state index contributed by atoms with van der Waals surface area (Å²) in [4.78, 5) is 38.8. The number of nitrogens with one attached hydrogen (secondary N) is 1. The number of hydrogen-bond acceptors (Lipinski definition) is 5. The van der Waals surface area contributed by atoms with E-state index in [0.717, 1.165) is 6.42 Å². The molecule has 1 aromatic heterocycles. The number of rotatable bonds is 6. The molecule has 0 spiro atoms. The highest BCUT2D eigenvalue weighted by atomic mass is 16.6. The summed E-state index contributed by atoms with van der Waals surface area (Å²) in [5.41, 5.74) is 0.862. The van der Waals surface area contributed by atoms with Gasteiger partial charge in [0.1, 0.15) is 12.2 Å². The van der Waals surface area contributed by atoms with Gasteiger partial charge in [0.15, 0.2) is 0 Å². The number of aryl methyl sites for hydroxylation is 2. The molecule has 8 heteroatoms. The van der Waals surface area contributed by atoms with Crippen molar-refractivity contribution in [1.29, 1.82) is 0 Å². The van der Waals surface area contributed by atoms with Crippen LogP contribution in [-0.2, 0) is 17.8 Å². The van der Waals surface area contributed by atoms with Gasteiger partial charge >= 0.3 is 0 Å². The normalized spacial score (nSPS) is 10.4. The monoisotopic (exact) mass is 330 g/mol. The van der Waals surface area contributed by atoms with E-state index in [-0.39, 0.29) is 23.5 Å². The van der Waals surface area contributed by atoms with Crippen molar-refractivity contribution in [1.82, 2.24) is 9.55 Å². The molecule has 1 aromatic carbocycles. The minimum Gasteiger partial charge on any atom is -0.319 e. The van der Waals surface area contributed by atoms with Crippen molar-refractivity contribution in [2.45, 2.75) is 33.2 Å². The Morgan fingerprint density at radius 2 is 2.17 bits per heavy atom. The van der Waals surface area contributed by atoms with Gasteiger partial charge in [-0.3, -0.25) is 24.3 Å². The Hall–Kier alpha value is -3.03. The third-order valence-electron chi connectivity index (χ3n) is 3.47. The van der Waals surface area contributed by atoms with E-state index in [1.165, 1.54) is 23.0 Å². The van der Waals surface area contributed by atoms with Crippen LogP contribution in [0, 0.1) is 17.0 Å². The van der Waals surface area contributed by atoms with Crippen LogP contribution in [0.3, 0.4) is 0 Å². The lowest BCUT2D eigenvalue weighted by molar-refractivity contribution is -0.384. The number of aromatic nitrogens is 2. The Labute approximate surface area is 138 Å². The zero-order chi connectivity index (χ0) is 17.7. The Morgan fingerprint density at radius 1 is 1.42 bits per heavy atom. The maximum atomic E-state index is 12.2. The fourth-order valence-corrected chi connectivity index (χ4v) is 2.28. The molecule has 0 saturated heterocycles. The van der Waals surface area contributed by atoms with Crippen molar-refractivity contribution in [2.24, 2.45) is 0 Å². The third kappa shape index (κ3) is 4.03. The topological polar surface area (TPSA) is 107 Å². The molecule has 24 heavy (non-hydrogen) atoms. The average molecular weight is 330 g/mol. The van der Waals surface area contributed by atoms with E-state index in [9.17, 15) is 19.7 Å². The van der Waals surface area contributed by atoms with Crippen molar-refractivity contribution in [3.8, 4) is 0 Å².